The number of aliphatic hydroxyl groups excluding tert-OH is 1. The number of aliphatic hydroxyl groups is 1. The number of hydrogen-bond donors (Lipinski definition) is 1. The highest BCUT2D eigenvalue weighted by Gasteiger charge is 2.25. The van der Waals surface area contributed by atoms with Gasteiger partial charge in [0.1, 0.15) is 5.56 Å². The van der Waals surface area contributed by atoms with Crippen LogP contribution in [0.5, 0.6) is 0 Å². The van der Waals surface area contributed by atoms with Crippen LogP contribution in [0, 0.1) is 21.7 Å². The third-order valence-electron chi connectivity index (χ3n) is 2.46. The van der Waals surface area contributed by atoms with Crippen molar-refractivity contribution in [2.75, 3.05) is 20.2 Å². The number of carbonyl (C=O) groups is 1. The van der Waals surface area contributed by atoms with Crippen LogP contribution in [-0.2, 0) is 0 Å². The van der Waals surface area contributed by atoms with Crippen molar-refractivity contribution < 1.29 is 23.6 Å². The number of halogens is 2. The summed E-state index contributed by atoms with van der Waals surface area (Å²) < 4.78 is 26.0. The molecular weight excluding hydrogens is 262 g/mol. The maximum absolute atomic E-state index is 13.1. The summed E-state index contributed by atoms with van der Waals surface area (Å²) in [5.41, 5.74) is -1.32. The zero-order valence-electron chi connectivity index (χ0n) is 10.1. The van der Waals surface area contributed by atoms with Crippen LogP contribution in [0.2, 0.25) is 0 Å². The van der Waals surface area contributed by atoms with Crippen molar-refractivity contribution in [3.63, 3.8) is 0 Å². The Balaban J connectivity index is 3.14. The summed E-state index contributed by atoms with van der Waals surface area (Å²) in [7, 11) is 1.35. The molecule has 1 rings (SSSR count). The van der Waals surface area contributed by atoms with Gasteiger partial charge in [0, 0.05) is 20.2 Å². The molecule has 0 heterocycles. The van der Waals surface area contributed by atoms with Crippen LogP contribution in [-0.4, -0.2) is 41.0 Å². The molecule has 1 aromatic rings. The lowest BCUT2D eigenvalue weighted by Gasteiger charge is -2.16. The number of nitro groups is 1. The van der Waals surface area contributed by atoms with E-state index in [1.165, 1.54) is 7.05 Å². The third-order valence-corrected chi connectivity index (χ3v) is 2.46. The Morgan fingerprint density at radius 1 is 1.42 bits per heavy atom. The highest BCUT2D eigenvalue weighted by atomic mass is 19.2. The fourth-order valence-electron chi connectivity index (χ4n) is 1.47. The smallest absolute Gasteiger partial charge is 0.285 e. The summed E-state index contributed by atoms with van der Waals surface area (Å²) in [6.45, 7) is -0.0109. The number of hydrogen-bond acceptors (Lipinski definition) is 4. The van der Waals surface area contributed by atoms with E-state index in [0.29, 0.717) is 12.1 Å². The highest BCUT2D eigenvalue weighted by Crippen LogP contribution is 2.23. The summed E-state index contributed by atoms with van der Waals surface area (Å²) >= 11 is 0. The molecule has 0 aliphatic carbocycles. The molecule has 1 N–H and O–H groups in total. The van der Waals surface area contributed by atoms with E-state index in [2.05, 4.69) is 0 Å². The van der Waals surface area contributed by atoms with Gasteiger partial charge in [-0.1, -0.05) is 0 Å². The molecule has 0 aliphatic rings. The van der Waals surface area contributed by atoms with Gasteiger partial charge in [0.15, 0.2) is 11.6 Å². The fraction of sp³-hybridized carbons (Fsp3) is 0.364. The topological polar surface area (TPSA) is 83.7 Å². The van der Waals surface area contributed by atoms with Gasteiger partial charge in [-0.15, -0.1) is 0 Å². The van der Waals surface area contributed by atoms with Crippen molar-refractivity contribution in [1.29, 1.82) is 0 Å². The largest absolute Gasteiger partial charge is 0.396 e. The van der Waals surface area contributed by atoms with E-state index in [1.807, 2.05) is 0 Å². The second-order valence-electron chi connectivity index (χ2n) is 3.84. The van der Waals surface area contributed by atoms with Gasteiger partial charge in [0.25, 0.3) is 11.6 Å². The molecule has 6 nitrogen and oxygen atoms in total. The van der Waals surface area contributed by atoms with Crippen molar-refractivity contribution in [3.8, 4) is 0 Å². The molecule has 0 aromatic heterocycles. The van der Waals surface area contributed by atoms with E-state index in [9.17, 15) is 23.7 Å². The molecule has 0 aliphatic heterocycles. The van der Waals surface area contributed by atoms with Crippen molar-refractivity contribution in [3.05, 3.63) is 39.4 Å². The number of nitrogens with zero attached hydrogens (tertiary/aromatic N) is 2. The van der Waals surface area contributed by atoms with Crippen molar-refractivity contribution in [2.24, 2.45) is 0 Å². The van der Waals surface area contributed by atoms with Crippen LogP contribution >= 0.6 is 0 Å². The van der Waals surface area contributed by atoms with Gasteiger partial charge in [0.2, 0.25) is 0 Å². The minimum atomic E-state index is -1.39. The van der Waals surface area contributed by atoms with Gasteiger partial charge >= 0.3 is 0 Å². The second kappa shape index (κ2) is 6.19. The summed E-state index contributed by atoms with van der Waals surface area (Å²) in [6, 6.07) is 0.883. The maximum Gasteiger partial charge on any atom is 0.285 e. The normalized spacial score (nSPS) is 10.3. The Morgan fingerprint density at radius 3 is 2.53 bits per heavy atom. The van der Waals surface area contributed by atoms with E-state index in [-0.39, 0.29) is 19.6 Å². The molecule has 0 unspecified atom stereocenters. The van der Waals surface area contributed by atoms with Crippen molar-refractivity contribution in [1.82, 2.24) is 4.90 Å². The fourth-order valence-corrected chi connectivity index (χ4v) is 1.47. The maximum atomic E-state index is 13.1. The molecule has 0 saturated heterocycles. The van der Waals surface area contributed by atoms with Gasteiger partial charge in [-0.05, 0) is 12.5 Å². The zero-order valence-corrected chi connectivity index (χ0v) is 10.1. The lowest BCUT2D eigenvalue weighted by atomic mass is 10.1. The van der Waals surface area contributed by atoms with Gasteiger partial charge in [-0.2, -0.15) is 0 Å². The van der Waals surface area contributed by atoms with E-state index in [0.717, 1.165) is 4.90 Å². The molecule has 0 fully saturated rings. The molecule has 0 saturated carbocycles. The van der Waals surface area contributed by atoms with Crippen LogP contribution < -0.4 is 0 Å². The van der Waals surface area contributed by atoms with Crippen molar-refractivity contribution in [2.45, 2.75) is 6.42 Å². The van der Waals surface area contributed by atoms with Crippen molar-refractivity contribution >= 4 is 11.6 Å². The summed E-state index contributed by atoms with van der Waals surface area (Å²) in [5.74, 6) is -3.52. The van der Waals surface area contributed by atoms with E-state index >= 15 is 0 Å². The molecule has 0 spiro atoms. The average molecular weight is 274 g/mol. The van der Waals surface area contributed by atoms with Gasteiger partial charge in [-0.25, -0.2) is 8.78 Å². The molecule has 104 valence electrons. The Kier molecular flexibility index (Phi) is 4.87. The van der Waals surface area contributed by atoms with Crippen LogP contribution in [0.25, 0.3) is 0 Å². The first kappa shape index (κ1) is 15.0. The Bertz CT molecular complexity index is 508. The molecule has 8 heteroatoms. The summed E-state index contributed by atoms with van der Waals surface area (Å²) in [4.78, 5) is 22.8. The first-order valence-electron chi connectivity index (χ1n) is 5.38. The summed E-state index contributed by atoms with van der Waals surface area (Å²) in [6.07, 6.45) is 0.277. The molecule has 1 amide bonds. The standard InChI is InChI=1S/C11H12F2N2O4/c1-14(3-2-4-16)11(17)7-5-8(12)9(13)6-10(7)15(18)19/h5-6,16H,2-4H2,1H3. The Hall–Kier alpha value is -2.09. The lowest BCUT2D eigenvalue weighted by Crippen LogP contribution is -2.29. The third kappa shape index (κ3) is 3.44. The van der Waals surface area contributed by atoms with Gasteiger partial charge in [0.05, 0.1) is 11.0 Å². The van der Waals surface area contributed by atoms with Gasteiger partial charge < -0.3 is 10.0 Å². The predicted molar refractivity (Wildman–Crippen MR) is 61.7 cm³/mol. The zero-order chi connectivity index (χ0) is 14.6. The van der Waals surface area contributed by atoms with Crippen LogP contribution in [0.15, 0.2) is 12.1 Å². The predicted octanol–water partition coefficient (Wildman–Crippen LogP) is 1.33. The quantitative estimate of drug-likeness (QED) is 0.648. The number of rotatable bonds is 5. The number of amides is 1. The highest BCUT2D eigenvalue weighted by molar-refractivity contribution is 5.98. The number of nitro benzene ring substituents is 1. The molecule has 0 radical (unpaired) electrons. The first-order valence-corrected chi connectivity index (χ1v) is 5.38. The Morgan fingerprint density at radius 2 is 2.00 bits per heavy atom. The average Bonchev–Trinajstić information content (AvgIpc) is 2.37. The molecule has 0 bridgehead atoms. The molecule has 0 atom stereocenters. The van der Waals surface area contributed by atoms with E-state index in [4.69, 9.17) is 5.11 Å². The second-order valence-corrected chi connectivity index (χ2v) is 3.84. The monoisotopic (exact) mass is 274 g/mol. The molecule has 19 heavy (non-hydrogen) atoms. The lowest BCUT2D eigenvalue weighted by molar-refractivity contribution is -0.385. The molecular formula is C11H12F2N2O4. The Labute approximate surface area is 107 Å². The van der Waals surface area contributed by atoms with Crippen LogP contribution in [0.3, 0.4) is 0 Å². The minimum Gasteiger partial charge on any atom is -0.396 e. The number of carbonyl (C=O) groups excluding carboxylic acids is 1. The van der Waals surface area contributed by atoms with Gasteiger partial charge in [-0.3, -0.25) is 14.9 Å². The first-order chi connectivity index (χ1) is 8.88. The minimum absolute atomic E-state index is 0.144. The molecule has 1 aromatic carbocycles. The SMILES string of the molecule is CN(CCCO)C(=O)c1cc(F)c(F)cc1[N+](=O)[O-]. The summed E-state index contributed by atoms with van der Waals surface area (Å²) in [5, 5.41) is 19.4. The van der Waals surface area contributed by atoms with Crippen LogP contribution in [0.4, 0.5) is 14.5 Å². The van der Waals surface area contributed by atoms with Crippen LogP contribution in [0.1, 0.15) is 16.8 Å². The van der Waals surface area contributed by atoms with E-state index < -0.39 is 33.7 Å². The van der Waals surface area contributed by atoms with E-state index in [1.54, 1.807) is 0 Å². The number of benzene rings is 1.